The van der Waals surface area contributed by atoms with Gasteiger partial charge in [0.15, 0.2) is 11.6 Å². The third-order valence-corrected chi connectivity index (χ3v) is 2.31. The minimum absolute atomic E-state index is 0.0602. The van der Waals surface area contributed by atoms with Crippen LogP contribution in [0, 0.1) is 5.82 Å². The number of carbonyl (C=O) groups is 1. The first-order chi connectivity index (χ1) is 7.95. The van der Waals surface area contributed by atoms with Crippen LogP contribution in [0.15, 0.2) is 18.2 Å². The summed E-state index contributed by atoms with van der Waals surface area (Å²) in [5, 5.41) is 0. The van der Waals surface area contributed by atoms with E-state index in [1.165, 1.54) is 30.2 Å². The van der Waals surface area contributed by atoms with Gasteiger partial charge in [0.05, 0.1) is 7.11 Å². The van der Waals surface area contributed by atoms with E-state index in [4.69, 9.17) is 10.5 Å². The SMILES string of the molecule is COc1cc(C(=O)N(C)CC(C)N)ccc1F. The van der Waals surface area contributed by atoms with Gasteiger partial charge in [0.1, 0.15) is 0 Å². The molecule has 0 saturated heterocycles. The van der Waals surface area contributed by atoms with Crippen molar-refractivity contribution in [1.82, 2.24) is 4.90 Å². The fourth-order valence-corrected chi connectivity index (χ4v) is 1.53. The van der Waals surface area contributed by atoms with E-state index in [1.54, 1.807) is 7.05 Å². The molecule has 0 heterocycles. The quantitative estimate of drug-likeness (QED) is 0.861. The Morgan fingerprint density at radius 2 is 2.24 bits per heavy atom. The molecule has 0 spiro atoms. The number of hydrogen-bond acceptors (Lipinski definition) is 3. The minimum Gasteiger partial charge on any atom is -0.494 e. The second-order valence-electron chi connectivity index (χ2n) is 4.01. The van der Waals surface area contributed by atoms with Crippen LogP contribution in [0.25, 0.3) is 0 Å². The van der Waals surface area contributed by atoms with Crippen LogP contribution in [0.5, 0.6) is 5.75 Å². The molecule has 1 aromatic rings. The van der Waals surface area contributed by atoms with Crippen molar-refractivity contribution in [3.05, 3.63) is 29.6 Å². The summed E-state index contributed by atoms with van der Waals surface area (Å²) in [6, 6.07) is 3.92. The van der Waals surface area contributed by atoms with Crippen LogP contribution in [-0.2, 0) is 0 Å². The molecule has 0 aromatic heterocycles. The van der Waals surface area contributed by atoms with Gasteiger partial charge in [0.25, 0.3) is 5.91 Å². The van der Waals surface area contributed by atoms with Crippen LogP contribution in [-0.4, -0.2) is 37.6 Å². The van der Waals surface area contributed by atoms with E-state index in [9.17, 15) is 9.18 Å². The number of rotatable bonds is 4. The Kier molecular flexibility index (Phi) is 4.45. The zero-order valence-electron chi connectivity index (χ0n) is 10.2. The second-order valence-corrected chi connectivity index (χ2v) is 4.01. The molecule has 0 radical (unpaired) electrons. The Morgan fingerprint density at radius 1 is 1.59 bits per heavy atom. The number of methoxy groups -OCH3 is 1. The first-order valence-electron chi connectivity index (χ1n) is 5.30. The number of hydrogen-bond donors (Lipinski definition) is 1. The highest BCUT2D eigenvalue weighted by Crippen LogP contribution is 2.19. The molecule has 4 nitrogen and oxygen atoms in total. The number of likely N-dealkylation sites (N-methyl/N-ethyl adjacent to an activating group) is 1. The van der Waals surface area contributed by atoms with E-state index < -0.39 is 5.82 Å². The summed E-state index contributed by atoms with van der Waals surface area (Å²) in [5.74, 6) is -0.635. The van der Waals surface area contributed by atoms with Gasteiger partial charge in [-0.15, -0.1) is 0 Å². The molecule has 1 amide bonds. The average Bonchev–Trinajstić information content (AvgIpc) is 2.27. The third-order valence-electron chi connectivity index (χ3n) is 2.31. The van der Waals surface area contributed by atoms with Crippen molar-refractivity contribution >= 4 is 5.91 Å². The molecule has 2 N–H and O–H groups in total. The fourth-order valence-electron chi connectivity index (χ4n) is 1.53. The summed E-state index contributed by atoms with van der Waals surface area (Å²) in [6.45, 7) is 2.26. The van der Waals surface area contributed by atoms with Gasteiger partial charge in [0.2, 0.25) is 0 Å². The van der Waals surface area contributed by atoms with E-state index in [1.807, 2.05) is 6.92 Å². The van der Waals surface area contributed by atoms with Crippen molar-refractivity contribution in [2.75, 3.05) is 20.7 Å². The van der Waals surface area contributed by atoms with Crippen LogP contribution in [0.2, 0.25) is 0 Å². The zero-order chi connectivity index (χ0) is 13.0. The number of nitrogens with two attached hydrogens (primary N) is 1. The molecule has 1 atom stereocenters. The molecular weight excluding hydrogens is 223 g/mol. The molecule has 0 aliphatic carbocycles. The maximum absolute atomic E-state index is 13.2. The van der Waals surface area contributed by atoms with Gasteiger partial charge in [-0.3, -0.25) is 4.79 Å². The number of amides is 1. The summed E-state index contributed by atoms with van der Waals surface area (Å²) < 4.78 is 18.0. The van der Waals surface area contributed by atoms with Crippen LogP contribution in [0.3, 0.4) is 0 Å². The van der Waals surface area contributed by atoms with Crippen LogP contribution in [0.1, 0.15) is 17.3 Å². The largest absolute Gasteiger partial charge is 0.494 e. The standard InChI is InChI=1S/C12H17FN2O2/c1-8(14)7-15(2)12(16)9-4-5-10(13)11(6-9)17-3/h4-6,8H,7,14H2,1-3H3. The molecular formula is C12H17FN2O2. The molecule has 1 aromatic carbocycles. The lowest BCUT2D eigenvalue weighted by atomic mass is 10.1. The molecule has 0 aliphatic rings. The summed E-state index contributed by atoms with van der Waals surface area (Å²) >= 11 is 0. The number of benzene rings is 1. The summed E-state index contributed by atoms with van der Waals surface area (Å²) in [6.07, 6.45) is 0. The van der Waals surface area contributed by atoms with Gasteiger partial charge < -0.3 is 15.4 Å². The van der Waals surface area contributed by atoms with Crippen molar-refractivity contribution in [2.24, 2.45) is 5.73 Å². The maximum Gasteiger partial charge on any atom is 0.253 e. The topological polar surface area (TPSA) is 55.6 Å². The van der Waals surface area contributed by atoms with E-state index in [-0.39, 0.29) is 17.7 Å². The third kappa shape index (κ3) is 3.42. The van der Waals surface area contributed by atoms with E-state index in [0.717, 1.165) is 0 Å². The smallest absolute Gasteiger partial charge is 0.253 e. The number of carbonyl (C=O) groups excluding carboxylic acids is 1. The average molecular weight is 240 g/mol. The monoisotopic (exact) mass is 240 g/mol. The van der Waals surface area contributed by atoms with Crippen molar-refractivity contribution in [1.29, 1.82) is 0 Å². The van der Waals surface area contributed by atoms with E-state index >= 15 is 0 Å². The minimum atomic E-state index is -0.487. The lowest BCUT2D eigenvalue weighted by Gasteiger charge is -2.19. The van der Waals surface area contributed by atoms with Gasteiger partial charge in [-0.25, -0.2) is 4.39 Å². The van der Waals surface area contributed by atoms with Gasteiger partial charge >= 0.3 is 0 Å². The zero-order valence-corrected chi connectivity index (χ0v) is 10.2. The number of halogens is 1. The molecule has 0 aliphatic heterocycles. The molecule has 0 bridgehead atoms. The van der Waals surface area contributed by atoms with Crippen molar-refractivity contribution in [3.8, 4) is 5.75 Å². The summed E-state index contributed by atoms with van der Waals surface area (Å²) in [5.41, 5.74) is 5.99. The molecule has 5 heteroatoms. The molecule has 1 rings (SSSR count). The Balaban J connectivity index is 2.89. The van der Waals surface area contributed by atoms with Gasteiger partial charge in [0, 0.05) is 25.2 Å². The normalized spacial score (nSPS) is 12.1. The molecule has 0 saturated carbocycles. The van der Waals surface area contributed by atoms with Crippen LogP contribution >= 0.6 is 0 Å². The van der Waals surface area contributed by atoms with E-state index in [2.05, 4.69) is 0 Å². The molecule has 17 heavy (non-hydrogen) atoms. The number of ether oxygens (including phenoxy) is 1. The lowest BCUT2D eigenvalue weighted by Crippen LogP contribution is -2.36. The predicted octanol–water partition coefficient (Wildman–Crippen LogP) is 1.25. The van der Waals surface area contributed by atoms with E-state index in [0.29, 0.717) is 12.1 Å². The summed E-state index contributed by atoms with van der Waals surface area (Å²) in [4.78, 5) is 13.4. The first kappa shape index (κ1) is 13.4. The van der Waals surface area contributed by atoms with Crippen molar-refractivity contribution < 1.29 is 13.9 Å². The summed E-state index contributed by atoms with van der Waals surface area (Å²) in [7, 11) is 3.01. The second kappa shape index (κ2) is 5.63. The predicted molar refractivity (Wildman–Crippen MR) is 63.6 cm³/mol. The molecule has 94 valence electrons. The van der Waals surface area contributed by atoms with Gasteiger partial charge in [-0.05, 0) is 25.1 Å². The Hall–Kier alpha value is -1.62. The Labute approximate surface area is 100 Å². The van der Waals surface area contributed by atoms with Crippen molar-refractivity contribution in [3.63, 3.8) is 0 Å². The first-order valence-corrected chi connectivity index (χ1v) is 5.30. The Morgan fingerprint density at radius 3 is 2.76 bits per heavy atom. The highest BCUT2D eigenvalue weighted by Gasteiger charge is 2.15. The van der Waals surface area contributed by atoms with Crippen LogP contribution < -0.4 is 10.5 Å². The van der Waals surface area contributed by atoms with Gasteiger partial charge in [-0.2, -0.15) is 0 Å². The van der Waals surface area contributed by atoms with Crippen LogP contribution in [0.4, 0.5) is 4.39 Å². The lowest BCUT2D eigenvalue weighted by molar-refractivity contribution is 0.0788. The molecule has 1 unspecified atom stereocenters. The van der Waals surface area contributed by atoms with Crippen molar-refractivity contribution in [2.45, 2.75) is 13.0 Å². The Bertz CT molecular complexity index is 407. The molecule has 0 fully saturated rings. The van der Waals surface area contributed by atoms with Gasteiger partial charge in [-0.1, -0.05) is 0 Å². The highest BCUT2D eigenvalue weighted by molar-refractivity contribution is 5.94. The highest BCUT2D eigenvalue weighted by atomic mass is 19.1. The number of nitrogens with zero attached hydrogens (tertiary/aromatic N) is 1. The maximum atomic E-state index is 13.2. The fraction of sp³-hybridized carbons (Fsp3) is 0.417.